The van der Waals surface area contributed by atoms with Gasteiger partial charge in [0, 0.05) is 42.4 Å². The number of carbonyl (C=O) groups is 2. The summed E-state index contributed by atoms with van der Waals surface area (Å²) in [5.41, 5.74) is 13.6. The van der Waals surface area contributed by atoms with E-state index in [9.17, 15) is 9.59 Å². The SMILES string of the molecule is CCc1nc(-c2ccc3c(c2)CC[C@H]3N)no1.CCc1nc(-c2ccc3c(c2)CC[C@H]3NC(=O)c2cn[nH]c2)no1.Cl.O=C(O)c1cn[nH]c1. The third-order valence-electron chi connectivity index (χ3n) is 8.36. The van der Waals surface area contributed by atoms with Crippen LogP contribution in [0.3, 0.4) is 0 Å². The van der Waals surface area contributed by atoms with E-state index < -0.39 is 5.97 Å². The van der Waals surface area contributed by atoms with Crippen molar-refractivity contribution < 1.29 is 23.7 Å². The molecule has 0 saturated heterocycles. The van der Waals surface area contributed by atoms with Crippen LogP contribution in [0.1, 0.15) is 93.5 Å². The second-order valence-electron chi connectivity index (χ2n) is 11.5. The molecule has 0 saturated carbocycles. The number of halogens is 1. The summed E-state index contributed by atoms with van der Waals surface area (Å²) in [4.78, 5) is 30.9. The quantitative estimate of drug-likeness (QED) is 0.144. The fourth-order valence-electron chi connectivity index (χ4n) is 5.71. The first-order valence-electron chi connectivity index (χ1n) is 16.0. The monoisotopic (exact) mass is 700 g/mol. The van der Waals surface area contributed by atoms with Gasteiger partial charge >= 0.3 is 5.97 Å². The first-order chi connectivity index (χ1) is 23.8. The van der Waals surface area contributed by atoms with Gasteiger partial charge in [0.2, 0.25) is 23.4 Å². The van der Waals surface area contributed by atoms with Crippen LogP contribution >= 0.6 is 12.4 Å². The van der Waals surface area contributed by atoms with Crippen LogP contribution in [-0.4, -0.2) is 57.7 Å². The lowest BCUT2D eigenvalue weighted by atomic mass is 10.0. The number of hydrogen-bond donors (Lipinski definition) is 5. The van der Waals surface area contributed by atoms with E-state index in [4.69, 9.17) is 19.9 Å². The molecule has 0 fully saturated rings. The third kappa shape index (κ3) is 8.13. The Kier molecular flexibility index (Phi) is 11.5. The number of aromatic nitrogens is 8. The zero-order valence-electron chi connectivity index (χ0n) is 27.4. The van der Waals surface area contributed by atoms with E-state index in [0.717, 1.165) is 55.2 Å². The number of aryl methyl sites for hydroxylation is 4. The summed E-state index contributed by atoms with van der Waals surface area (Å²) in [5, 5.41) is 31.6. The smallest absolute Gasteiger partial charge is 0.338 e. The molecule has 16 heteroatoms. The predicted molar refractivity (Wildman–Crippen MR) is 183 cm³/mol. The second-order valence-corrected chi connectivity index (χ2v) is 11.5. The Balaban J connectivity index is 0.000000162. The largest absolute Gasteiger partial charge is 0.478 e. The summed E-state index contributed by atoms with van der Waals surface area (Å²) in [6, 6.07) is 12.6. The number of H-pyrrole nitrogens is 2. The van der Waals surface area contributed by atoms with Gasteiger partial charge in [-0.3, -0.25) is 15.0 Å². The fourth-order valence-corrected chi connectivity index (χ4v) is 5.71. The van der Waals surface area contributed by atoms with Crippen LogP contribution in [0.15, 0.2) is 70.2 Å². The number of carbonyl (C=O) groups excluding carboxylic acids is 1. The van der Waals surface area contributed by atoms with E-state index in [1.165, 1.54) is 35.3 Å². The lowest BCUT2D eigenvalue weighted by Crippen LogP contribution is -2.26. The number of rotatable bonds is 7. The van der Waals surface area contributed by atoms with Crippen molar-refractivity contribution in [2.75, 3.05) is 0 Å². The van der Waals surface area contributed by atoms with Gasteiger partial charge in [0.15, 0.2) is 0 Å². The maximum absolute atomic E-state index is 12.2. The number of aromatic amines is 2. The highest BCUT2D eigenvalue weighted by Gasteiger charge is 2.25. The molecule has 0 aliphatic heterocycles. The molecule has 1 amide bonds. The van der Waals surface area contributed by atoms with Crippen molar-refractivity contribution in [3.05, 3.63) is 106 Å². The van der Waals surface area contributed by atoms with Crippen LogP contribution in [0.2, 0.25) is 0 Å². The molecule has 4 aromatic heterocycles. The van der Waals surface area contributed by atoms with Crippen LogP contribution in [0.5, 0.6) is 0 Å². The second kappa shape index (κ2) is 16.2. The Hall–Kier alpha value is -5.67. The van der Waals surface area contributed by atoms with Crippen LogP contribution in [-0.2, 0) is 25.7 Å². The van der Waals surface area contributed by atoms with Crippen molar-refractivity contribution in [1.82, 2.24) is 46.0 Å². The normalized spacial score (nSPS) is 15.4. The number of fused-ring (bicyclic) bond motifs is 2. The van der Waals surface area contributed by atoms with Crippen LogP contribution < -0.4 is 11.1 Å². The standard InChI is InChI=1S/C17H17N5O2.C13H15N3O.C4H4N2O2.ClH/c1-2-15-21-16(22-24-15)11-3-5-13-10(7-11)4-6-14(13)20-17(23)12-8-18-19-9-12;1-2-12-15-13(16-17-12)9-3-5-10-8(7-9)4-6-11(10)14;7-4(8)3-1-5-6-2-3;/h3,5,7-9,14H,2,4,6H2,1H3,(H,18,19)(H,20,23);3,5,7,11H,2,4,6,14H2,1H3;1-2H,(H,5,6)(H,7,8);1H/t14-;11-;;/m11../s1. The van der Waals surface area contributed by atoms with Crippen molar-refractivity contribution in [2.24, 2.45) is 5.73 Å². The number of carboxylic acids is 1. The van der Waals surface area contributed by atoms with E-state index in [0.29, 0.717) is 29.0 Å². The maximum atomic E-state index is 12.2. The zero-order valence-corrected chi connectivity index (χ0v) is 28.2. The van der Waals surface area contributed by atoms with Crippen molar-refractivity contribution in [3.63, 3.8) is 0 Å². The molecule has 6 aromatic rings. The molecule has 0 bridgehead atoms. The average Bonchev–Trinajstić information content (AvgIpc) is 3.98. The molecule has 15 nitrogen and oxygen atoms in total. The van der Waals surface area contributed by atoms with Gasteiger partial charge in [-0.15, -0.1) is 12.4 Å². The lowest BCUT2D eigenvalue weighted by molar-refractivity contribution is 0.0696. The number of benzene rings is 2. The zero-order chi connectivity index (χ0) is 34.3. The number of nitrogens with two attached hydrogens (primary N) is 1. The van der Waals surface area contributed by atoms with Crippen LogP contribution in [0, 0.1) is 0 Å². The Labute approximate surface area is 292 Å². The molecule has 4 heterocycles. The van der Waals surface area contributed by atoms with Gasteiger partial charge in [0.1, 0.15) is 0 Å². The molecule has 0 radical (unpaired) electrons. The number of carboxylic acid groups (broad SMARTS) is 1. The number of amides is 1. The first-order valence-corrected chi connectivity index (χ1v) is 16.0. The number of nitrogens with one attached hydrogen (secondary N) is 3. The van der Waals surface area contributed by atoms with Gasteiger partial charge in [-0.05, 0) is 60.1 Å². The molecule has 2 aliphatic carbocycles. The van der Waals surface area contributed by atoms with Gasteiger partial charge < -0.3 is 25.2 Å². The molecule has 0 spiro atoms. The molecule has 2 atom stereocenters. The highest BCUT2D eigenvalue weighted by Crippen LogP contribution is 2.34. The summed E-state index contributed by atoms with van der Waals surface area (Å²) in [6.07, 6.45) is 11.1. The molecular formula is C34H37ClN10O5. The Morgan fingerprint density at radius 1 is 0.840 bits per heavy atom. The molecule has 2 aliphatic rings. The van der Waals surface area contributed by atoms with E-state index in [-0.39, 0.29) is 36.0 Å². The van der Waals surface area contributed by atoms with E-state index >= 15 is 0 Å². The third-order valence-corrected chi connectivity index (χ3v) is 8.36. The highest BCUT2D eigenvalue weighted by atomic mass is 35.5. The van der Waals surface area contributed by atoms with Crippen molar-refractivity contribution >= 4 is 24.3 Å². The minimum Gasteiger partial charge on any atom is -0.478 e. The highest BCUT2D eigenvalue weighted by molar-refractivity contribution is 5.94. The maximum Gasteiger partial charge on any atom is 0.338 e. The molecule has 6 N–H and O–H groups in total. The van der Waals surface area contributed by atoms with E-state index in [1.807, 2.05) is 32.0 Å². The molecule has 50 heavy (non-hydrogen) atoms. The van der Waals surface area contributed by atoms with Gasteiger partial charge in [-0.25, -0.2) is 4.79 Å². The Bertz CT molecular complexity index is 2020. The minimum atomic E-state index is -0.959. The summed E-state index contributed by atoms with van der Waals surface area (Å²) in [6.45, 7) is 3.98. The predicted octanol–water partition coefficient (Wildman–Crippen LogP) is 5.21. The number of hydrogen-bond acceptors (Lipinski definition) is 11. The minimum absolute atomic E-state index is 0. The Morgan fingerprint density at radius 3 is 1.88 bits per heavy atom. The van der Waals surface area contributed by atoms with E-state index in [2.05, 4.69) is 64.2 Å². The van der Waals surface area contributed by atoms with Crippen molar-refractivity contribution in [1.29, 1.82) is 0 Å². The fraction of sp³-hybridized carbons (Fsp3) is 0.294. The topological polar surface area (TPSA) is 228 Å². The van der Waals surface area contributed by atoms with Crippen LogP contribution in [0.25, 0.3) is 22.8 Å². The number of nitrogens with zero attached hydrogens (tertiary/aromatic N) is 6. The molecule has 260 valence electrons. The summed E-state index contributed by atoms with van der Waals surface area (Å²) >= 11 is 0. The Morgan fingerprint density at radius 2 is 1.38 bits per heavy atom. The average molecular weight is 701 g/mol. The first kappa shape index (κ1) is 35.6. The van der Waals surface area contributed by atoms with Gasteiger partial charge in [0.25, 0.3) is 5.91 Å². The molecule has 0 unspecified atom stereocenters. The van der Waals surface area contributed by atoms with Crippen LogP contribution in [0.4, 0.5) is 0 Å². The molecular weight excluding hydrogens is 664 g/mol. The summed E-state index contributed by atoms with van der Waals surface area (Å²) in [5.74, 6) is 1.52. The summed E-state index contributed by atoms with van der Waals surface area (Å²) < 4.78 is 10.3. The summed E-state index contributed by atoms with van der Waals surface area (Å²) in [7, 11) is 0. The lowest BCUT2D eigenvalue weighted by Gasteiger charge is -2.13. The van der Waals surface area contributed by atoms with Crippen molar-refractivity contribution in [2.45, 2.75) is 64.5 Å². The molecule has 2 aromatic carbocycles. The van der Waals surface area contributed by atoms with Crippen molar-refractivity contribution in [3.8, 4) is 22.8 Å². The van der Waals surface area contributed by atoms with Gasteiger partial charge in [-0.2, -0.15) is 20.2 Å². The van der Waals surface area contributed by atoms with Gasteiger partial charge in [-0.1, -0.05) is 48.4 Å². The molecule has 8 rings (SSSR count). The van der Waals surface area contributed by atoms with E-state index in [1.54, 1.807) is 6.20 Å². The number of aromatic carboxylic acids is 1. The van der Waals surface area contributed by atoms with Gasteiger partial charge in [0.05, 0.1) is 29.6 Å².